The fourth-order valence-electron chi connectivity index (χ4n) is 16.4. The molecule has 0 N–H and O–H groups in total. The molecule has 4 aromatic rings. The fourth-order valence-corrected chi connectivity index (χ4v) is 71.2. The molecule has 0 bridgehead atoms. The van der Waals surface area contributed by atoms with Gasteiger partial charge in [0.1, 0.15) is 8.07 Å². The van der Waals surface area contributed by atoms with Gasteiger partial charge in [-0.15, -0.1) is 5.19 Å². The van der Waals surface area contributed by atoms with Gasteiger partial charge in [0.2, 0.25) is 0 Å². The minimum atomic E-state index is -3.68. The Bertz CT molecular complexity index is 2760. The number of halogens is 3. The molecule has 0 unspecified atom stereocenters. The van der Waals surface area contributed by atoms with E-state index in [0.29, 0.717) is 0 Å². The monoisotopic (exact) mass is 1440 g/mol. The van der Waals surface area contributed by atoms with E-state index in [9.17, 15) is 0 Å². The van der Waals surface area contributed by atoms with Crippen LogP contribution in [0.2, 0.25) is 236 Å². The van der Waals surface area contributed by atoms with Crippen LogP contribution in [-0.2, 0) is 21.7 Å². The fraction of sp³-hybridized carbons (Fsp3) is 0.652. The van der Waals surface area contributed by atoms with E-state index < -0.39 is 105 Å². The summed E-state index contributed by atoms with van der Waals surface area (Å²) in [5.74, 6) is 0. The first-order valence-corrected chi connectivity index (χ1v) is 75.2. The average molecular weight is 1440 g/mol. The van der Waals surface area contributed by atoms with E-state index in [0.717, 1.165) is 0 Å². The van der Waals surface area contributed by atoms with E-state index in [2.05, 4.69) is 284 Å². The zero-order valence-electron chi connectivity index (χ0n) is 62.6. The number of hydrogen-bond acceptors (Lipinski definition) is 0. The Labute approximate surface area is 564 Å². The molecular weight excluding hydrogens is 1310 g/mol. The molecule has 4 aromatic carbocycles. The molecular formula is C66H129Cl3Si13Ti. The van der Waals surface area contributed by atoms with Crippen molar-refractivity contribution in [2.45, 2.75) is 284 Å². The van der Waals surface area contributed by atoms with Crippen LogP contribution < -0.4 is 120 Å². The van der Waals surface area contributed by atoms with Gasteiger partial charge < -0.3 is 37.2 Å². The van der Waals surface area contributed by atoms with Gasteiger partial charge in [0.25, 0.3) is 0 Å². The van der Waals surface area contributed by atoms with Crippen LogP contribution in [0.25, 0.3) is 0 Å². The topological polar surface area (TPSA) is 0 Å². The van der Waals surface area contributed by atoms with E-state index in [4.69, 9.17) is 0 Å². The Hall–Kier alpha value is 1.41. The van der Waals surface area contributed by atoms with Crippen LogP contribution in [0.3, 0.4) is 0 Å². The van der Waals surface area contributed by atoms with Crippen molar-refractivity contribution in [2.75, 3.05) is 0 Å². The second kappa shape index (κ2) is 25.7. The summed E-state index contributed by atoms with van der Waals surface area (Å²) in [7, 11) is -29.6. The Balaban J connectivity index is 0.0000168. The molecule has 0 nitrogen and oxygen atoms in total. The SMILES string of the molecule is Cc1c([Si](C)(C)C)c([Si](C)(C)C)c([Si](C)(C)C)c([Si](c2c([Si](C)(C)C)c(C)c([Si](C)(C)C)c([Si](C)(C)C)c2[Si](C)(C)C)(c2c([Si](C)(C)C)c(C)c([Si](C)(C)C)c([Si](C)(C)C)c2[Si](C)(C)C)[c-]2c(C)c(C)c(C)c2C)c1[Si](C)(C)C.[Cl-].[Cl-].[Cl-].[Ti+4]. The Kier molecular flexibility index (Phi) is 26.2. The summed E-state index contributed by atoms with van der Waals surface area (Å²) >= 11 is 0. The van der Waals surface area contributed by atoms with Crippen molar-refractivity contribution >= 4 is 188 Å². The van der Waals surface area contributed by atoms with Gasteiger partial charge >= 0.3 is 21.7 Å². The summed E-state index contributed by atoms with van der Waals surface area (Å²) in [5.41, 5.74) is 11.7. The smallest absolute Gasteiger partial charge is 1.00 e. The Morgan fingerprint density at radius 1 is 0.169 bits per heavy atom. The molecule has 83 heavy (non-hydrogen) atoms. The Morgan fingerprint density at radius 2 is 0.277 bits per heavy atom. The third-order valence-electron chi connectivity index (χ3n) is 18.2. The zero-order valence-corrected chi connectivity index (χ0v) is 79.5. The standard InChI is InChI=1S/C66H129Si13.3ClH.Ti/c1-44-45(2)47(4)51(46(44)3)79(64-55(70(17,18)19)48(5)52(67(8,9)10)58(73(26,27)28)61(64)76(35,36)37,65-56(71(20,21)22)49(6)53(68(11,12)13)59(74(29,30)31)62(65)77(38,39)40)66-57(72(23,24)25)50(7)54(69(14,15)16)60(75(32,33)34)63(66)78(41,42)43;;;;/h1-43H3;3*1H;/q-1;;;;+4/p-3. The van der Waals surface area contributed by atoms with Gasteiger partial charge in [-0.2, -0.15) is 22.3 Å². The van der Waals surface area contributed by atoms with E-state index >= 15 is 0 Å². The molecule has 0 aliphatic rings. The predicted octanol–water partition coefficient (Wildman–Crippen LogP) is 2.49. The van der Waals surface area contributed by atoms with Gasteiger partial charge in [0.15, 0.2) is 0 Å². The first kappa shape index (κ1) is 84.4. The number of rotatable bonds is 16. The maximum atomic E-state index is 2.87. The van der Waals surface area contributed by atoms with Crippen molar-refractivity contribution in [3.8, 4) is 0 Å². The molecule has 17 heteroatoms. The van der Waals surface area contributed by atoms with E-state index in [1.807, 2.05) is 83.0 Å². The van der Waals surface area contributed by atoms with E-state index in [-0.39, 0.29) is 58.9 Å². The molecule has 0 fully saturated rings. The molecule has 0 aliphatic carbocycles. The van der Waals surface area contributed by atoms with Crippen LogP contribution in [0.5, 0.6) is 0 Å². The molecule has 0 atom stereocenters. The average Bonchev–Trinajstić information content (AvgIpc) is 3.33. The third kappa shape index (κ3) is 15.4. The number of benzene rings is 3. The Morgan fingerprint density at radius 3 is 0.398 bits per heavy atom. The summed E-state index contributed by atoms with van der Waals surface area (Å²) in [4.78, 5) is 0. The molecule has 0 amide bonds. The third-order valence-corrected chi connectivity index (χ3v) is 51.2. The van der Waals surface area contributed by atoms with Gasteiger partial charge in [-0.1, -0.05) is 358 Å². The minimum absolute atomic E-state index is 0. The summed E-state index contributed by atoms with van der Waals surface area (Å²) in [6.45, 7) is 120. The van der Waals surface area contributed by atoms with E-state index in [1.165, 1.54) is 0 Å². The summed E-state index contributed by atoms with van der Waals surface area (Å²) in [6, 6.07) is 0. The molecule has 470 valence electrons. The van der Waals surface area contributed by atoms with Crippen LogP contribution in [0.1, 0.15) is 38.9 Å². The van der Waals surface area contributed by atoms with Crippen LogP contribution in [0.15, 0.2) is 0 Å². The molecule has 0 saturated carbocycles. The van der Waals surface area contributed by atoms with Crippen LogP contribution in [0, 0.1) is 48.5 Å². The van der Waals surface area contributed by atoms with Gasteiger partial charge in [-0.3, -0.25) is 0 Å². The van der Waals surface area contributed by atoms with Crippen molar-refractivity contribution in [3.63, 3.8) is 0 Å². The molecule has 0 spiro atoms. The minimum Gasteiger partial charge on any atom is -1.00 e. The first-order valence-electron chi connectivity index (χ1n) is 31.2. The molecule has 4 rings (SSSR count). The quantitative estimate of drug-likeness (QED) is 0.0922. The summed E-state index contributed by atoms with van der Waals surface area (Å²) in [5, 5.41) is 31.0. The van der Waals surface area contributed by atoms with Gasteiger partial charge in [-0.25, -0.2) is 0 Å². The van der Waals surface area contributed by atoms with Crippen molar-refractivity contribution < 1.29 is 58.9 Å². The van der Waals surface area contributed by atoms with Gasteiger partial charge in [0.05, 0.1) is 96.9 Å². The van der Waals surface area contributed by atoms with Crippen molar-refractivity contribution in [1.82, 2.24) is 0 Å². The number of hydrogen-bond donors (Lipinski definition) is 0. The largest absolute Gasteiger partial charge is 4.00 e. The molecule has 0 radical (unpaired) electrons. The second-order valence-corrected chi connectivity index (χ2v) is 102. The van der Waals surface area contributed by atoms with Gasteiger partial charge in [0, 0.05) is 0 Å². The molecule has 0 aromatic heterocycles. The van der Waals surface area contributed by atoms with E-state index in [1.54, 1.807) is 38.9 Å². The van der Waals surface area contributed by atoms with Crippen molar-refractivity contribution in [2.24, 2.45) is 0 Å². The summed E-state index contributed by atoms with van der Waals surface area (Å²) in [6.07, 6.45) is 0. The molecule has 0 heterocycles. The normalized spacial score (nSPS) is 14.1. The van der Waals surface area contributed by atoms with Gasteiger partial charge in [-0.05, 0) is 20.8 Å². The molecule has 0 saturated heterocycles. The van der Waals surface area contributed by atoms with Crippen LogP contribution in [0.4, 0.5) is 0 Å². The second-order valence-electron chi connectivity index (χ2n) is 38.1. The van der Waals surface area contributed by atoms with Crippen molar-refractivity contribution in [1.29, 1.82) is 0 Å². The predicted molar refractivity (Wildman–Crippen MR) is 415 cm³/mol. The van der Waals surface area contributed by atoms with Crippen molar-refractivity contribution in [3.05, 3.63) is 38.9 Å². The zero-order chi connectivity index (χ0) is 62.8. The maximum absolute atomic E-state index is 3.68. The van der Waals surface area contributed by atoms with Crippen LogP contribution >= 0.6 is 0 Å². The maximum Gasteiger partial charge on any atom is 4.00 e. The first-order chi connectivity index (χ1) is 34.3. The van der Waals surface area contributed by atoms with Crippen LogP contribution in [-0.4, -0.2) is 105 Å². The molecule has 0 aliphatic heterocycles. The summed E-state index contributed by atoms with van der Waals surface area (Å²) < 4.78 is 0.